The van der Waals surface area contributed by atoms with Crippen molar-refractivity contribution in [3.63, 3.8) is 0 Å². The molecule has 0 spiro atoms. The number of ether oxygens (including phenoxy) is 3. The summed E-state index contributed by atoms with van der Waals surface area (Å²) >= 11 is 0. The molecule has 11 nitrogen and oxygen atoms in total. The maximum atomic E-state index is 13.2. The first-order valence-electron chi connectivity index (χ1n) is 13.8. The lowest BCUT2D eigenvalue weighted by Gasteiger charge is -2.59. The largest absolute Gasteiger partial charge is 0.497 e. The van der Waals surface area contributed by atoms with E-state index in [1.165, 1.54) is 36.8 Å². The Bertz CT molecular complexity index is 1310. The third kappa shape index (κ3) is 5.49. The van der Waals surface area contributed by atoms with Gasteiger partial charge in [0.1, 0.15) is 5.75 Å². The van der Waals surface area contributed by atoms with Crippen molar-refractivity contribution in [1.29, 1.82) is 0 Å². The number of methoxy groups -OCH3 is 1. The predicted octanol–water partition coefficient (Wildman–Crippen LogP) is 2.24. The Hall–Kier alpha value is -3.67. The predicted molar refractivity (Wildman–Crippen MR) is 144 cm³/mol. The molecule has 0 unspecified atom stereocenters. The number of hydrogen-bond donors (Lipinski definition) is 4. The van der Waals surface area contributed by atoms with E-state index in [1.54, 1.807) is 7.11 Å². The van der Waals surface area contributed by atoms with Crippen LogP contribution in [0, 0.1) is 5.92 Å². The minimum atomic E-state index is -2.27. The summed E-state index contributed by atoms with van der Waals surface area (Å²) in [4.78, 5) is 35.2. The van der Waals surface area contributed by atoms with Gasteiger partial charge >= 0.3 is 11.9 Å². The Labute approximate surface area is 237 Å². The number of piperidine rings is 1. The Kier molecular flexibility index (Phi) is 8.21. The fourth-order valence-electron chi connectivity index (χ4n) is 7.00. The van der Waals surface area contributed by atoms with Gasteiger partial charge in [0, 0.05) is 17.0 Å². The molecular weight excluding hydrogens is 534 g/mol. The van der Waals surface area contributed by atoms with Gasteiger partial charge in [0.2, 0.25) is 6.79 Å². The minimum absolute atomic E-state index is 0.169. The number of carbonyl (C=O) groups excluding carboxylic acids is 1. The number of nitrogens with zero attached hydrogens (tertiary/aromatic N) is 1. The number of likely N-dealkylation sites (tertiary alicyclic amines) is 1. The van der Waals surface area contributed by atoms with Crippen molar-refractivity contribution in [2.24, 2.45) is 5.92 Å². The summed E-state index contributed by atoms with van der Waals surface area (Å²) in [5.74, 6) is -0.375. The van der Waals surface area contributed by atoms with Crippen LogP contribution in [-0.2, 0) is 21.4 Å². The van der Waals surface area contributed by atoms with Crippen molar-refractivity contribution in [3.05, 3.63) is 53.1 Å². The Balaban J connectivity index is 0.000000292. The molecule has 6 rings (SSSR count). The summed E-state index contributed by atoms with van der Waals surface area (Å²) in [6.45, 7) is 1.69. The normalized spacial score (nSPS) is 25.4. The van der Waals surface area contributed by atoms with Gasteiger partial charge in [-0.2, -0.15) is 0 Å². The van der Waals surface area contributed by atoms with Gasteiger partial charge in [-0.1, -0.05) is 18.9 Å². The SMILES string of the molecule is COc1ccc2c(c1)[C@]13CCCC[C@H]1[C@H](C2)N(CC(=O)c1ccc2c(c1)OCO2)CC3.O=C(O)[C@H](O)[C@@H](O)C(=O)O. The smallest absolute Gasteiger partial charge is 0.335 e. The summed E-state index contributed by atoms with van der Waals surface area (Å²) in [6, 6.07) is 12.6. The second-order valence-electron chi connectivity index (χ2n) is 11.1. The number of aliphatic carboxylic acids is 2. The monoisotopic (exact) mass is 569 g/mol. The van der Waals surface area contributed by atoms with E-state index in [-0.39, 0.29) is 18.0 Å². The molecule has 2 aromatic carbocycles. The van der Waals surface area contributed by atoms with E-state index in [0.717, 1.165) is 30.9 Å². The van der Waals surface area contributed by atoms with Crippen LogP contribution in [0.1, 0.15) is 53.6 Å². The number of aliphatic hydroxyl groups is 2. The molecule has 11 heteroatoms. The van der Waals surface area contributed by atoms with E-state index in [2.05, 4.69) is 23.1 Å². The first-order chi connectivity index (χ1) is 19.6. The number of hydrogen-bond acceptors (Lipinski definition) is 9. The molecule has 2 aliphatic heterocycles. The molecular formula is C30H35NO10. The summed E-state index contributed by atoms with van der Waals surface area (Å²) in [6.07, 6.45) is 2.74. The number of Topliss-reactive ketones (excluding diaryl/α,β-unsaturated/α-hetero) is 1. The fraction of sp³-hybridized carbons (Fsp3) is 0.500. The first-order valence-corrected chi connectivity index (χ1v) is 13.8. The lowest BCUT2D eigenvalue weighted by Crippen LogP contribution is -2.61. The maximum Gasteiger partial charge on any atom is 0.335 e. The number of aliphatic hydroxyl groups excluding tert-OH is 2. The van der Waals surface area contributed by atoms with E-state index in [0.29, 0.717) is 29.8 Å². The van der Waals surface area contributed by atoms with Crippen molar-refractivity contribution in [2.45, 2.75) is 62.2 Å². The topological polar surface area (TPSA) is 163 Å². The zero-order valence-electron chi connectivity index (χ0n) is 22.8. The van der Waals surface area contributed by atoms with Crippen molar-refractivity contribution in [1.82, 2.24) is 4.90 Å². The van der Waals surface area contributed by atoms with Gasteiger partial charge in [-0.3, -0.25) is 9.69 Å². The second-order valence-corrected chi connectivity index (χ2v) is 11.1. The second kappa shape index (κ2) is 11.7. The van der Waals surface area contributed by atoms with E-state index >= 15 is 0 Å². The molecule has 2 aliphatic carbocycles. The number of carboxylic acid groups (broad SMARTS) is 2. The molecule has 0 radical (unpaired) electrons. The summed E-state index contributed by atoms with van der Waals surface area (Å²) < 4.78 is 16.4. The molecule has 220 valence electrons. The average molecular weight is 570 g/mol. The maximum absolute atomic E-state index is 13.2. The molecule has 0 aromatic heterocycles. The third-order valence-electron chi connectivity index (χ3n) is 9.01. The minimum Gasteiger partial charge on any atom is -0.497 e. The fourth-order valence-corrected chi connectivity index (χ4v) is 7.00. The molecule has 1 saturated heterocycles. The van der Waals surface area contributed by atoms with Gasteiger partial charge in [0.25, 0.3) is 0 Å². The first kappa shape index (κ1) is 28.8. The summed E-state index contributed by atoms with van der Waals surface area (Å²) in [5.41, 5.74) is 3.94. The van der Waals surface area contributed by atoms with Gasteiger partial charge in [0.15, 0.2) is 29.5 Å². The molecule has 2 fully saturated rings. The third-order valence-corrected chi connectivity index (χ3v) is 9.01. The van der Waals surface area contributed by atoms with Crippen LogP contribution in [0.5, 0.6) is 17.2 Å². The standard InChI is InChI=1S/C26H29NO4.C4H6O6/c1-29-19-7-5-17-12-22-20-4-2-3-9-26(20,21(17)14-19)10-11-27(22)15-23(28)18-6-8-24-25(13-18)31-16-30-24;5-1(3(7)8)2(6)4(9)10/h5-8,13-14,20,22H,2-4,9-12,15-16H2,1H3;1-2,5-6H,(H,7,8)(H,9,10)/t20-,22-,26-;1-,2-/m01/s1. The van der Waals surface area contributed by atoms with Crippen LogP contribution < -0.4 is 14.2 Å². The molecule has 1 saturated carbocycles. The van der Waals surface area contributed by atoms with Gasteiger partial charge < -0.3 is 34.6 Å². The molecule has 2 heterocycles. The van der Waals surface area contributed by atoms with Crippen molar-refractivity contribution in [3.8, 4) is 17.2 Å². The quantitative estimate of drug-likeness (QED) is 0.362. The van der Waals surface area contributed by atoms with Crippen molar-refractivity contribution >= 4 is 17.7 Å². The molecule has 0 amide bonds. The molecule has 5 atom stereocenters. The summed E-state index contributed by atoms with van der Waals surface area (Å²) in [5, 5.41) is 32.5. The number of benzene rings is 2. The number of fused-ring (bicyclic) bond motifs is 2. The van der Waals surface area contributed by atoms with Gasteiger partial charge in [-0.25, -0.2) is 9.59 Å². The van der Waals surface area contributed by atoms with Gasteiger partial charge in [-0.05, 0) is 79.6 Å². The highest BCUT2D eigenvalue weighted by Crippen LogP contribution is 2.56. The van der Waals surface area contributed by atoms with Gasteiger partial charge in [0.05, 0.1) is 13.7 Å². The van der Waals surface area contributed by atoms with Crippen LogP contribution in [0.2, 0.25) is 0 Å². The lowest BCUT2D eigenvalue weighted by molar-refractivity contribution is -0.165. The van der Waals surface area contributed by atoms with Crippen molar-refractivity contribution in [2.75, 3.05) is 27.0 Å². The van der Waals surface area contributed by atoms with Crippen LogP contribution in [0.15, 0.2) is 36.4 Å². The number of rotatable bonds is 7. The Morgan fingerprint density at radius 1 is 1.00 bits per heavy atom. The van der Waals surface area contributed by atoms with Crippen LogP contribution in [-0.4, -0.2) is 88.3 Å². The zero-order chi connectivity index (χ0) is 29.3. The van der Waals surface area contributed by atoms with Crippen molar-refractivity contribution < 1.29 is 49.0 Å². The molecule has 4 N–H and O–H groups in total. The van der Waals surface area contributed by atoms with Crippen LogP contribution >= 0.6 is 0 Å². The number of carboxylic acids is 2. The van der Waals surface area contributed by atoms with E-state index in [9.17, 15) is 14.4 Å². The molecule has 2 aromatic rings. The highest BCUT2D eigenvalue weighted by atomic mass is 16.7. The average Bonchev–Trinajstić information content (AvgIpc) is 3.46. The van der Waals surface area contributed by atoms with Crippen LogP contribution in [0.4, 0.5) is 0 Å². The van der Waals surface area contributed by atoms with E-state index < -0.39 is 24.1 Å². The lowest BCUT2D eigenvalue weighted by atomic mass is 9.52. The Morgan fingerprint density at radius 3 is 2.44 bits per heavy atom. The van der Waals surface area contributed by atoms with E-state index in [1.807, 2.05) is 18.2 Å². The highest BCUT2D eigenvalue weighted by Gasteiger charge is 2.54. The highest BCUT2D eigenvalue weighted by molar-refractivity contribution is 5.98. The number of ketones is 1. The Morgan fingerprint density at radius 2 is 1.73 bits per heavy atom. The zero-order valence-corrected chi connectivity index (χ0v) is 22.8. The number of carbonyl (C=O) groups is 3. The molecule has 4 aliphatic rings. The van der Waals surface area contributed by atoms with Crippen LogP contribution in [0.3, 0.4) is 0 Å². The molecule has 2 bridgehead atoms. The summed E-state index contributed by atoms with van der Waals surface area (Å²) in [7, 11) is 1.76. The van der Waals surface area contributed by atoms with Gasteiger partial charge in [-0.15, -0.1) is 0 Å². The molecule has 41 heavy (non-hydrogen) atoms. The van der Waals surface area contributed by atoms with E-state index in [4.69, 9.17) is 34.6 Å². The van der Waals surface area contributed by atoms with Crippen LogP contribution in [0.25, 0.3) is 0 Å².